The first-order valence-electron chi connectivity index (χ1n) is 6.67. The molecule has 0 saturated carbocycles. The van der Waals surface area contributed by atoms with Crippen LogP contribution in [0.1, 0.15) is 11.1 Å². The molecule has 3 aromatic carbocycles. The number of hydrogen-bond donors (Lipinski definition) is 0. The lowest BCUT2D eigenvalue weighted by Crippen LogP contribution is -1.96. The van der Waals surface area contributed by atoms with Gasteiger partial charge in [0.1, 0.15) is 23.8 Å². The van der Waals surface area contributed by atoms with Crippen LogP contribution in [0.4, 0.5) is 17.6 Å². The van der Waals surface area contributed by atoms with Crippen LogP contribution in [-0.2, 0) is 0 Å². The zero-order valence-corrected chi connectivity index (χ0v) is 11.9. The predicted molar refractivity (Wildman–Crippen MR) is 78.6 cm³/mol. The molecule has 0 N–H and O–H groups in total. The summed E-state index contributed by atoms with van der Waals surface area (Å²) in [6, 6.07) is 9.08. The first kappa shape index (κ1) is 15.5. The SMILES string of the molecule is N#Cc1cc2cc(F)c(F)cc2c(-c2cc(F)cc(F)c2)c1C#N. The molecule has 0 saturated heterocycles. The molecule has 116 valence electrons. The summed E-state index contributed by atoms with van der Waals surface area (Å²) in [6.07, 6.45) is 0. The van der Waals surface area contributed by atoms with Gasteiger partial charge in [-0.25, -0.2) is 17.6 Å². The van der Waals surface area contributed by atoms with Gasteiger partial charge in [-0.05, 0) is 46.7 Å². The van der Waals surface area contributed by atoms with Crippen LogP contribution in [0.3, 0.4) is 0 Å². The quantitative estimate of drug-likeness (QED) is 0.603. The maximum absolute atomic E-state index is 13.6. The lowest BCUT2D eigenvalue weighted by molar-refractivity contribution is 0.511. The van der Waals surface area contributed by atoms with Crippen molar-refractivity contribution in [2.45, 2.75) is 0 Å². The maximum atomic E-state index is 13.6. The minimum atomic E-state index is -1.17. The monoisotopic (exact) mass is 326 g/mol. The summed E-state index contributed by atoms with van der Waals surface area (Å²) < 4.78 is 54.2. The van der Waals surface area contributed by atoms with E-state index in [0.29, 0.717) is 6.07 Å². The topological polar surface area (TPSA) is 47.6 Å². The molecule has 0 radical (unpaired) electrons. The van der Waals surface area contributed by atoms with Crippen LogP contribution in [0, 0.1) is 45.9 Å². The Morgan fingerprint density at radius 3 is 1.92 bits per heavy atom. The third-order valence-corrected chi connectivity index (χ3v) is 3.56. The van der Waals surface area contributed by atoms with Gasteiger partial charge in [0.05, 0.1) is 11.1 Å². The number of rotatable bonds is 1. The summed E-state index contributed by atoms with van der Waals surface area (Å²) in [5, 5.41) is 18.8. The van der Waals surface area contributed by atoms with E-state index in [9.17, 15) is 28.1 Å². The number of fused-ring (bicyclic) bond motifs is 1. The summed E-state index contributed by atoms with van der Waals surface area (Å²) in [7, 11) is 0. The number of benzene rings is 3. The van der Waals surface area contributed by atoms with E-state index >= 15 is 0 Å². The molecule has 2 nitrogen and oxygen atoms in total. The number of hydrogen-bond acceptors (Lipinski definition) is 2. The van der Waals surface area contributed by atoms with Gasteiger partial charge >= 0.3 is 0 Å². The van der Waals surface area contributed by atoms with Crippen molar-refractivity contribution in [3.63, 3.8) is 0 Å². The van der Waals surface area contributed by atoms with Gasteiger partial charge in [-0.2, -0.15) is 10.5 Å². The van der Waals surface area contributed by atoms with Crippen molar-refractivity contribution in [1.29, 1.82) is 10.5 Å². The van der Waals surface area contributed by atoms with Crippen LogP contribution >= 0.6 is 0 Å². The normalized spacial score (nSPS) is 10.4. The summed E-state index contributed by atoms with van der Waals surface area (Å²) in [6.45, 7) is 0. The summed E-state index contributed by atoms with van der Waals surface area (Å²) in [5.41, 5.74) is -0.335. The Morgan fingerprint density at radius 2 is 1.33 bits per heavy atom. The second kappa shape index (κ2) is 5.68. The number of nitriles is 2. The van der Waals surface area contributed by atoms with E-state index < -0.39 is 23.3 Å². The molecule has 0 unspecified atom stereocenters. The Labute approximate surface area is 133 Å². The van der Waals surface area contributed by atoms with Crippen molar-refractivity contribution in [2.24, 2.45) is 0 Å². The molecule has 0 heterocycles. The zero-order valence-electron chi connectivity index (χ0n) is 11.9. The van der Waals surface area contributed by atoms with E-state index in [1.807, 2.05) is 0 Å². The lowest BCUT2D eigenvalue weighted by Gasteiger charge is -2.12. The molecule has 0 aliphatic heterocycles. The molecule has 0 spiro atoms. The van der Waals surface area contributed by atoms with Crippen LogP contribution < -0.4 is 0 Å². The Hall–Kier alpha value is -3.38. The predicted octanol–water partition coefficient (Wildman–Crippen LogP) is 4.81. The van der Waals surface area contributed by atoms with Gasteiger partial charge in [-0.15, -0.1) is 0 Å². The second-order valence-electron chi connectivity index (χ2n) is 5.04. The number of nitrogens with zero attached hydrogens (tertiary/aromatic N) is 2. The Kier molecular flexibility index (Phi) is 3.67. The van der Waals surface area contributed by atoms with E-state index in [1.54, 1.807) is 12.1 Å². The molecule has 0 aliphatic rings. The van der Waals surface area contributed by atoms with Crippen LogP contribution in [0.5, 0.6) is 0 Å². The molecule has 24 heavy (non-hydrogen) atoms. The Bertz CT molecular complexity index is 1060. The Balaban J connectivity index is 2.54. The minimum absolute atomic E-state index is 0.0242. The molecule has 6 heteroatoms. The van der Waals surface area contributed by atoms with Crippen molar-refractivity contribution in [3.05, 3.63) is 70.8 Å². The molecule has 0 amide bonds. The maximum Gasteiger partial charge on any atom is 0.159 e. The van der Waals surface area contributed by atoms with Gasteiger partial charge in [0.15, 0.2) is 11.6 Å². The van der Waals surface area contributed by atoms with E-state index in [1.165, 1.54) is 6.07 Å². The van der Waals surface area contributed by atoms with E-state index in [-0.39, 0.29) is 33.0 Å². The zero-order chi connectivity index (χ0) is 17.4. The number of halogens is 4. The smallest absolute Gasteiger partial charge is 0.159 e. The highest BCUT2D eigenvalue weighted by molar-refractivity contribution is 6.01. The highest BCUT2D eigenvalue weighted by Crippen LogP contribution is 2.36. The van der Waals surface area contributed by atoms with Crippen LogP contribution in [0.15, 0.2) is 36.4 Å². The average Bonchev–Trinajstić information content (AvgIpc) is 2.53. The summed E-state index contributed by atoms with van der Waals surface area (Å²) in [4.78, 5) is 0. The molecule has 0 fully saturated rings. The van der Waals surface area contributed by atoms with Gasteiger partial charge < -0.3 is 0 Å². The largest absolute Gasteiger partial charge is 0.207 e. The van der Waals surface area contributed by atoms with Gasteiger partial charge in [0.25, 0.3) is 0 Å². The van der Waals surface area contributed by atoms with Crippen LogP contribution in [-0.4, -0.2) is 0 Å². The van der Waals surface area contributed by atoms with E-state index in [0.717, 1.165) is 24.3 Å². The third kappa shape index (κ3) is 2.45. The molecular formula is C18H6F4N2. The first-order chi connectivity index (χ1) is 11.4. The van der Waals surface area contributed by atoms with Gasteiger partial charge in [0.2, 0.25) is 0 Å². The molecular weight excluding hydrogens is 320 g/mol. The fourth-order valence-electron chi connectivity index (χ4n) is 2.60. The van der Waals surface area contributed by atoms with Gasteiger partial charge in [-0.1, -0.05) is 0 Å². The third-order valence-electron chi connectivity index (χ3n) is 3.56. The molecule has 0 aromatic heterocycles. The van der Waals surface area contributed by atoms with Gasteiger partial charge in [0, 0.05) is 11.6 Å². The van der Waals surface area contributed by atoms with Crippen molar-refractivity contribution in [1.82, 2.24) is 0 Å². The standard InChI is InChI=1S/C18H6F4N2/c19-12-2-10(3-13(20)5-12)18-14-6-17(22)16(21)4-9(14)1-11(7-23)15(18)8-24/h1-6H. The van der Waals surface area contributed by atoms with Crippen molar-refractivity contribution >= 4 is 10.8 Å². The van der Waals surface area contributed by atoms with Crippen molar-refractivity contribution in [2.75, 3.05) is 0 Å². The van der Waals surface area contributed by atoms with E-state index in [4.69, 9.17) is 0 Å². The fourth-order valence-corrected chi connectivity index (χ4v) is 2.60. The summed E-state index contributed by atoms with van der Waals surface area (Å²) in [5.74, 6) is -4.10. The fraction of sp³-hybridized carbons (Fsp3) is 0. The van der Waals surface area contributed by atoms with Crippen LogP contribution in [0.2, 0.25) is 0 Å². The molecule has 0 bridgehead atoms. The highest BCUT2D eigenvalue weighted by atomic mass is 19.2. The van der Waals surface area contributed by atoms with Crippen LogP contribution in [0.25, 0.3) is 21.9 Å². The average molecular weight is 326 g/mol. The van der Waals surface area contributed by atoms with Gasteiger partial charge in [-0.3, -0.25) is 0 Å². The molecule has 0 atom stereocenters. The highest BCUT2D eigenvalue weighted by Gasteiger charge is 2.18. The second-order valence-corrected chi connectivity index (χ2v) is 5.04. The lowest BCUT2D eigenvalue weighted by atomic mass is 9.90. The molecule has 3 aromatic rings. The Morgan fingerprint density at radius 1 is 0.708 bits per heavy atom. The molecule has 0 aliphatic carbocycles. The molecule has 3 rings (SSSR count). The van der Waals surface area contributed by atoms with E-state index in [2.05, 4.69) is 0 Å². The van der Waals surface area contributed by atoms with Crippen molar-refractivity contribution < 1.29 is 17.6 Å². The first-order valence-corrected chi connectivity index (χ1v) is 6.67. The summed E-state index contributed by atoms with van der Waals surface area (Å²) >= 11 is 0. The minimum Gasteiger partial charge on any atom is -0.207 e. The van der Waals surface area contributed by atoms with Crippen molar-refractivity contribution in [3.8, 4) is 23.3 Å².